The van der Waals surface area contributed by atoms with Gasteiger partial charge in [-0.05, 0) is 24.6 Å². The monoisotopic (exact) mass is 315 g/mol. The lowest BCUT2D eigenvalue weighted by atomic mass is 10.2. The summed E-state index contributed by atoms with van der Waals surface area (Å²) in [6.45, 7) is 3.92. The van der Waals surface area contributed by atoms with Crippen LogP contribution in [0.5, 0.6) is 11.5 Å². The quantitative estimate of drug-likeness (QED) is 0.818. The van der Waals surface area contributed by atoms with Gasteiger partial charge in [0.05, 0.1) is 24.3 Å². The molecule has 1 aromatic rings. The Bertz CT molecular complexity index is 465. The standard InChI is InChI=1S/C15H22ClNO4/c1-10(15(18-2)19-3)17-9-11-7-12(16)14-13(8-11)20-5-4-6-21-14/h7-8,10,15,17H,4-6,9H2,1-3H3. The first-order valence-corrected chi connectivity index (χ1v) is 7.40. The molecule has 0 bridgehead atoms. The van der Waals surface area contributed by atoms with Gasteiger partial charge in [-0.1, -0.05) is 11.6 Å². The Morgan fingerprint density at radius 2 is 1.95 bits per heavy atom. The molecule has 0 aliphatic carbocycles. The maximum atomic E-state index is 6.27. The summed E-state index contributed by atoms with van der Waals surface area (Å²) in [5.74, 6) is 1.34. The van der Waals surface area contributed by atoms with Crippen molar-refractivity contribution in [3.8, 4) is 11.5 Å². The van der Waals surface area contributed by atoms with E-state index in [9.17, 15) is 0 Å². The van der Waals surface area contributed by atoms with Gasteiger partial charge in [-0.15, -0.1) is 0 Å². The van der Waals surface area contributed by atoms with Crippen molar-refractivity contribution in [2.75, 3.05) is 27.4 Å². The van der Waals surface area contributed by atoms with E-state index in [2.05, 4.69) is 5.32 Å². The Morgan fingerprint density at radius 1 is 1.24 bits per heavy atom. The molecule has 21 heavy (non-hydrogen) atoms. The summed E-state index contributed by atoms with van der Waals surface area (Å²) >= 11 is 6.27. The van der Waals surface area contributed by atoms with Crippen molar-refractivity contribution >= 4 is 11.6 Å². The molecule has 0 fully saturated rings. The van der Waals surface area contributed by atoms with Gasteiger partial charge in [-0.3, -0.25) is 0 Å². The van der Waals surface area contributed by atoms with Crippen LogP contribution in [0.2, 0.25) is 5.02 Å². The number of benzene rings is 1. The molecular weight excluding hydrogens is 294 g/mol. The highest BCUT2D eigenvalue weighted by Crippen LogP contribution is 2.37. The zero-order chi connectivity index (χ0) is 15.2. The van der Waals surface area contributed by atoms with E-state index in [0.29, 0.717) is 36.3 Å². The fraction of sp³-hybridized carbons (Fsp3) is 0.600. The average molecular weight is 316 g/mol. The smallest absolute Gasteiger partial charge is 0.179 e. The highest BCUT2D eigenvalue weighted by atomic mass is 35.5. The second-order valence-electron chi connectivity index (χ2n) is 4.96. The van der Waals surface area contributed by atoms with Crippen molar-refractivity contribution in [1.29, 1.82) is 0 Å². The molecule has 1 atom stereocenters. The molecule has 1 aliphatic heterocycles. The molecule has 2 rings (SSSR count). The predicted octanol–water partition coefficient (Wildman–Crippen LogP) is 2.60. The first-order valence-electron chi connectivity index (χ1n) is 7.02. The first kappa shape index (κ1) is 16.4. The van der Waals surface area contributed by atoms with Crippen molar-refractivity contribution < 1.29 is 18.9 Å². The summed E-state index contributed by atoms with van der Waals surface area (Å²) in [4.78, 5) is 0. The first-order chi connectivity index (χ1) is 10.2. The number of hydrogen-bond acceptors (Lipinski definition) is 5. The maximum Gasteiger partial charge on any atom is 0.179 e. The lowest BCUT2D eigenvalue weighted by Gasteiger charge is -2.22. The molecule has 0 spiro atoms. The van der Waals surface area contributed by atoms with E-state index in [1.54, 1.807) is 14.2 Å². The summed E-state index contributed by atoms with van der Waals surface area (Å²) in [6, 6.07) is 3.90. The lowest BCUT2D eigenvalue weighted by Crippen LogP contribution is -2.39. The molecular formula is C15H22ClNO4. The summed E-state index contributed by atoms with van der Waals surface area (Å²) in [5, 5.41) is 3.92. The van der Waals surface area contributed by atoms with Crippen molar-refractivity contribution in [2.45, 2.75) is 32.2 Å². The van der Waals surface area contributed by atoms with Gasteiger partial charge in [0.15, 0.2) is 17.8 Å². The van der Waals surface area contributed by atoms with E-state index in [1.807, 2.05) is 19.1 Å². The number of halogens is 1. The largest absolute Gasteiger partial charge is 0.489 e. The molecule has 0 aromatic heterocycles. The van der Waals surface area contributed by atoms with Gasteiger partial charge in [0, 0.05) is 27.2 Å². The average Bonchev–Trinajstić information content (AvgIpc) is 2.72. The SMILES string of the molecule is COC(OC)C(C)NCc1cc(Cl)c2c(c1)OCCCO2. The molecule has 0 saturated carbocycles. The predicted molar refractivity (Wildman–Crippen MR) is 81.2 cm³/mol. The van der Waals surface area contributed by atoms with Gasteiger partial charge in [-0.2, -0.15) is 0 Å². The summed E-state index contributed by atoms with van der Waals surface area (Å²) in [7, 11) is 3.24. The minimum Gasteiger partial charge on any atom is -0.489 e. The number of methoxy groups -OCH3 is 2. The van der Waals surface area contributed by atoms with Crippen LogP contribution in [0.3, 0.4) is 0 Å². The molecule has 5 nitrogen and oxygen atoms in total. The molecule has 1 aromatic carbocycles. The Kier molecular flexibility index (Phi) is 6.11. The maximum absolute atomic E-state index is 6.27. The summed E-state index contributed by atoms with van der Waals surface area (Å²) in [6.07, 6.45) is 0.569. The molecule has 0 radical (unpaired) electrons. The van der Waals surface area contributed by atoms with E-state index in [4.69, 9.17) is 30.5 Å². The highest BCUT2D eigenvalue weighted by molar-refractivity contribution is 6.32. The zero-order valence-corrected chi connectivity index (χ0v) is 13.4. The molecule has 1 N–H and O–H groups in total. The lowest BCUT2D eigenvalue weighted by molar-refractivity contribution is -0.119. The van der Waals surface area contributed by atoms with Crippen LogP contribution in [-0.4, -0.2) is 39.8 Å². The topological polar surface area (TPSA) is 49.0 Å². The number of rotatable bonds is 6. The van der Waals surface area contributed by atoms with Gasteiger partial charge in [-0.25, -0.2) is 0 Å². The molecule has 0 amide bonds. The van der Waals surface area contributed by atoms with Crippen molar-refractivity contribution in [3.63, 3.8) is 0 Å². The fourth-order valence-electron chi connectivity index (χ4n) is 2.27. The third-order valence-corrected chi connectivity index (χ3v) is 3.64. The van der Waals surface area contributed by atoms with E-state index < -0.39 is 0 Å². The molecule has 1 aliphatic rings. The summed E-state index contributed by atoms with van der Waals surface area (Å²) in [5.41, 5.74) is 1.03. The molecule has 6 heteroatoms. The van der Waals surface area contributed by atoms with E-state index in [-0.39, 0.29) is 12.3 Å². The Labute approximate surface area is 130 Å². The fourth-order valence-corrected chi connectivity index (χ4v) is 2.55. The second kappa shape index (κ2) is 7.84. The van der Waals surface area contributed by atoms with Crippen LogP contribution >= 0.6 is 11.6 Å². The minimum atomic E-state index is -0.291. The number of nitrogens with one attached hydrogen (secondary N) is 1. The van der Waals surface area contributed by atoms with Crippen LogP contribution in [0.25, 0.3) is 0 Å². The van der Waals surface area contributed by atoms with Crippen molar-refractivity contribution in [2.24, 2.45) is 0 Å². The Balaban J connectivity index is 2.04. The van der Waals surface area contributed by atoms with Crippen LogP contribution in [0.4, 0.5) is 0 Å². The Morgan fingerprint density at radius 3 is 2.67 bits per heavy atom. The van der Waals surface area contributed by atoms with Gasteiger partial charge < -0.3 is 24.3 Å². The van der Waals surface area contributed by atoms with E-state index >= 15 is 0 Å². The van der Waals surface area contributed by atoms with E-state index in [0.717, 1.165) is 12.0 Å². The normalized spacial score (nSPS) is 15.9. The molecule has 118 valence electrons. The number of hydrogen-bond donors (Lipinski definition) is 1. The van der Waals surface area contributed by atoms with Crippen LogP contribution in [-0.2, 0) is 16.0 Å². The molecule has 0 saturated heterocycles. The molecule has 1 unspecified atom stereocenters. The van der Waals surface area contributed by atoms with Crippen molar-refractivity contribution in [1.82, 2.24) is 5.32 Å². The van der Waals surface area contributed by atoms with Crippen LogP contribution < -0.4 is 14.8 Å². The number of fused-ring (bicyclic) bond motifs is 1. The van der Waals surface area contributed by atoms with Gasteiger partial charge >= 0.3 is 0 Å². The second-order valence-corrected chi connectivity index (χ2v) is 5.37. The minimum absolute atomic E-state index is 0.0507. The number of ether oxygens (including phenoxy) is 4. The zero-order valence-electron chi connectivity index (χ0n) is 12.6. The van der Waals surface area contributed by atoms with Crippen LogP contribution in [0.15, 0.2) is 12.1 Å². The van der Waals surface area contributed by atoms with Gasteiger partial charge in [0.25, 0.3) is 0 Å². The highest BCUT2D eigenvalue weighted by Gasteiger charge is 2.18. The van der Waals surface area contributed by atoms with Crippen molar-refractivity contribution in [3.05, 3.63) is 22.7 Å². The Hall–Kier alpha value is -1.01. The summed E-state index contributed by atoms with van der Waals surface area (Å²) < 4.78 is 21.7. The third-order valence-electron chi connectivity index (χ3n) is 3.36. The van der Waals surface area contributed by atoms with Crippen LogP contribution in [0.1, 0.15) is 18.9 Å². The van der Waals surface area contributed by atoms with Gasteiger partial charge in [0.1, 0.15) is 0 Å². The van der Waals surface area contributed by atoms with E-state index in [1.165, 1.54) is 0 Å². The van der Waals surface area contributed by atoms with Gasteiger partial charge in [0.2, 0.25) is 0 Å². The molecule has 1 heterocycles. The van der Waals surface area contributed by atoms with Crippen LogP contribution in [0, 0.1) is 0 Å². The third kappa shape index (κ3) is 4.23.